The number of ether oxygens (including phenoxy) is 4. The molecule has 282 valence electrons. The Morgan fingerprint density at radius 3 is 1.55 bits per heavy atom. The summed E-state index contributed by atoms with van der Waals surface area (Å²) in [6.07, 6.45) is 9.39. The molecule has 0 aliphatic carbocycles. The Bertz CT molecular complexity index is 2270. The van der Waals surface area contributed by atoms with Gasteiger partial charge in [-0.2, -0.15) is 0 Å². The number of methoxy groups -OCH3 is 2. The molecule has 2 atom stereocenters. The first-order chi connectivity index (χ1) is 27.4. The molecular formula is C43H37N5O6S2. The molecule has 0 spiro atoms. The van der Waals surface area contributed by atoms with Crippen LogP contribution in [0, 0.1) is 0 Å². The largest absolute Gasteiger partial charge is 0.493 e. The lowest BCUT2D eigenvalue weighted by atomic mass is 9.99. The van der Waals surface area contributed by atoms with E-state index in [9.17, 15) is 9.59 Å². The summed E-state index contributed by atoms with van der Waals surface area (Å²) in [4.78, 5) is 47.9. The van der Waals surface area contributed by atoms with E-state index >= 15 is 0 Å². The van der Waals surface area contributed by atoms with Gasteiger partial charge in [0.05, 0.1) is 60.2 Å². The minimum Gasteiger partial charge on any atom is -0.493 e. The molecular weight excluding hydrogens is 747 g/mol. The lowest BCUT2D eigenvalue weighted by Gasteiger charge is -2.32. The molecule has 0 saturated carbocycles. The Kier molecular flexibility index (Phi) is 9.70. The van der Waals surface area contributed by atoms with Gasteiger partial charge < -0.3 is 28.7 Å². The number of thiophene rings is 2. The van der Waals surface area contributed by atoms with Crippen molar-refractivity contribution in [3.63, 3.8) is 0 Å². The summed E-state index contributed by atoms with van der Waals surface area (Å²) in [7, 11) is 3.11. The molecule has 2 aromatic carbocycles. The second kappa shape index (κ2) is 15.2. The molecule has 0 fully saturated rings. The van der Waals surface area contributed by atoms with Gasteiger partial charge in [-0.3, -0.25) is 24.6 Å². The predicted molar refractivity (Wildman–Crippen MR) is 219 cm³/mol. The zero-order valence-corrected chi connectivity index (χ0v) is 32.3. The molecule has 11 nitrogen and oxygen atoms in total. The van der Waals surface area contributed by atoms with Crippen molar-refractivity contribution in [3.05, 3.63) is 122 Å². The van der Waals surface area contributed by atoms with Crippen molar-refractivity contribution in [1.82, 2.24) is 14.8 Å². The SMILES string of the molecule is COc1cc2c(cc1OCc1cccc(COc3cc4c(cc3OC)C(=O)N3CC=C(c5cccs5)C[C@H]3C=N4)n1)N=C[C@@H]1CC(c3cccs3)=CCN1C2=O. The van der Waals surface area contributed by atoms with E-state index in [4.69, 9.17) is 33.9 Å². The van der Waals surface area contributed by atoms with Crippen LogP contribution in [0.5, 0.6) is 23.0 Å². The van der Waals surface area contributed by atoms with E-state index in [1.54, 1.807) is 61.2 Å². The number of fused-ring (bicyclic) bond motifs is 4. The average molecular weight is 784 g/mol. The van der Waals surface area contributed by atoms with Crippen molar-refractivity contribution in [3.8, 4) is 23.0 Å². The van der Waals surface area contributed by atoms with Crippen LogP contribution in [0.2, 0.25) is 0 Å². The third-order valence-electron chi connectivity index (χ3n) is 10.3. The summed E-state index contributed by atoms with van der Waals surface area (Å²) in [5.41, 5.74) is 5.80. The van der Waals surface area contributed by atoms with Crippen molar-refractivity contribution < 1.29 is 28.5 Å². The van der Waals surface area contributed by atoms with E-state index in [1.807, 2.05) is 52.6 Å². The fourth-order valence-corrected chi connectivity index (χ4v) is 8.98. The monoisotopic (exact) mass is 783 g/mol. The van der Waals surface area contributed by atoms with Crippen LogP contribution in [0.4, 0.5) is 11.4 Å². The van der Waals surface area contributed by atoms with E-state index < -0.39 is 0 Å². The summed E-state index contributed by atoms with van der Waals surface area (Å²) in [5, 5.41) is 4.13. The van der Waals surface area contributed by atoms with Crippen LogP contribution in [0.25, 0.3) is 11.1 Å². The van der Waals surface area contributed by atoms with Gasteiger partial charge in [0.1, 0.15) is 13.2 Å². The first-order valence-corrected chi connectivity index (χ1v) is 20.0. The average Bonchev–Trinajstić information content (AvgIpc) is 3.95. The molecule has 0 saturated heterocycles. The molecule has 0 bridgehead atoms. The zero-order valence-electron chi connectivity index (χ0n) is 30.7. The Hall–Kier alpha value is -6.05. The summed E-state index contributed by atoms with van der Waals surface area (Å²) in [6, 6.07) is 20.6. The third-order valence-corrected chi connectivity index (χ3v) is 12.2. The first-order valence-electron chi connectivity index (χ1n) is 18.3. The van der Waals surface area contributed by atoms with Crippen LogP contribution in [-0.4, -0.2) is 78.4 Å². The summed E-state index contributed by atoms with van der Waals surface area (Å²) < 4.78 is 23.8. The molecule has 7 heterocycles. The van der Waals surface area contributed by atoms with Crippen LogP contribution >= 0.6 is 22.7 Å². The summed E-state index contributed by atoms with van der Waals surface area (Å²) in [5.74, 6) is 1.59. The van der Waals surface area contributed by atoms with Gasteiger partial charge in [0.25, 0.3) is 11.8 Å². The maximum atomic E-state index is 13.7. The van der Waals surface area contributed by atoms with Gasteiger partial charge in [-0.25, -0.2) is 0 Å². The van der Waals surface area contributed by atoms with Crippen molar-refractivity contribution in [1.29, 1.82) is 0 Å². The molecule has 2 amide bonds. The van der Waals surface area contributed by atoms with E-state index in [-0.39, 0.29) is 37.1 Å². The molecule has 9 rings (SSSR count). The normalized spacial score (nSPS) is 18.5. The number of carbonyl (C=O) groups is 2. The van der Waals surface area contributed by atoms with Crippen LogP contribution in [0.3, 0.4) is 0 Å². The quantitative estimate of drug-likeness (QED) is 0.140. The van der Waals surface area contributed by atoms with Crippen molar-refractivity contribution in [2.24, 2.45) is 9.98 Å². The smallest absolute Gasteiger partial charge is 0.257 e. The van der Waals surface area contributed by atoms with Gasteiger partial charge in [0.15, 0.2) is 23.0 Å². The number of nitrogens with zero attached hydrogens (tertiary/aromatic N) is 5. The van der Waals surface area contributed by atoms with E-state index in [1.165, 1.54) is 20.9 Å². The van der Waals surface area contributed by atoms with E-state index in [0.29, 0.717) is 82.8 Å². The van der Waals surface area contributed by atoms with Crippen LogP contribution in [0.1, 0.15) is 54.7 Å². The maximum absolute atomic E-state index is 13.7. The van der Waals surface area contributed by atoms with Crippen molar-refractivity contribution in [2.75, 3.05) is 27.3 Å². The molecule has 4 aliphatic rings. The minimum atomic E-state index is -0.146. The number of aliphatic imine (C=N–C) groups is 2. The summed E-state index contributed by atoms with van der Waals surface area (Å²) in [6.45, 7) is 1.30. The van der Waals surface area contributed by atoms with Crippen molar-refractivity contribution >= 4 is 69.4 Å². The van der Waals surface area contributed by atoms with E-state index in [0.717, 1.165) is 0 Å². The number of pyridine rings is 1. The zero-order chi connectivity index (χ0) is 38.2. The van der Waals surface area contributed by atoms with Gasteiger partial charge in [-0.1, -0.05) is 30.4 Å². The molecule has 4 aliphatic heterocycles. The molecule has 3 aromatic heterocycles. The van der Waals surface area contributed by atoms with Gasteiger partial charge in [-0.15, -0.1) is 22.7 Å². The van der Waals surface area contributed by atoms with Crippen LogP contribution in [-0.2, 0) is 13.2 Å². The molecule has 0 N–H and O–H groups in total. The molecule has 5 aromatic rings. The fraction of sp³-hybridized carbons (Fsp3) is 0.233. The highest BCUT2D eigenvalue weighted by molar-refractivity contribution is 7.11. The first kappa shape index (κ1) is 35.6. The third kappa shape index (κ3) is 6.88. The Morgan fingerprint density at radius 1 is 0.643 bits per heavy atom. The maximum Gasteiger partial charge on any atom is 0.257 e. The second-order valence-corrected chi connectivity index (χ2v) is 15.6. The number of carbonyl (C=O) groups excluding carboxylic acids is 2. The van der Waals surface area contributed by atoms with E-state index in [2.05, 4.69) is 35.0 Å². The highest BCUT2D eigenvalue weighted by atomic mass is 32.1. The van der Waals surface area contributed by atoms with Crippen LogP contribution < -0.4 is 18.9 Å². The number of benzene rings is 2. The topological polar surface area (TPSA) is 115 Å². The number of amides is 2. The number of rotatable bonds is 10. The lowest BCUT2D eigenvalue weighted by molar-refractivity contribution is 0.0740. The predicted octanol–water partition coefficient (Wildman–Crippen LogP) is 8.41. The standard InChI is InChI=1S/C43H37N5O6S2/c1-51-36-18-32-34(44-22-30-16-26(40-8-4-14-55-40)10-12-47(30)42(32)49)20-38(36)53-24-28-6-3-7-29(46-28)25-54-39-21-35-33(19-37(39)52-2)43(50)48-13-11-27(17-31(48)23-45-35)41-9-5-15-56-41/h3-11,14-15,18-23,30-31H,12-13,16-17,24-25H2,1-2H3/t30-,31-/m0/s1. The van der Waals surface area contributed by atoms with Crippen LogP contribution in [0.15, 0.2) is 99.6 Å². The Morgan fingerprint density at radius 2 is 1.12 bits per heavy atom. The second-order valence-electron chi connectivity index (χ2n) is 13.7. The Labute approximate surface area is 331 Å². The fourth-order valence-electron chi connectivity index (χ4n) is 7.42. The van der Waals surface area contributed by atoms with Gasteiger partial charge in [0.2, 0.25) is 0 Å². The number of hydrogen-bond donors (Lipinski definition) is 0. The van der Waals surface area contributed by atoms with Crippen molar-refractivity contribution in [2.45, 2.75) is 38.1 Å². The highest BCUT2D eigenvalue weighted by Crippen LogP contribution is 2.41. The number of hydrogen-bond acceptors (Lipinski definition) is 11. The number of aromatic nitrogens is 1. The minimum absolute atomic E-state index is 0.0933. The Balaban J connectivity index is 0.880. The van der Waals surface area contributed by atoms with Gasteiger partial charge >= 0.3 is 0 Å². The molecule has 13 heteroatoms. The molecule has 0 radical (unpaired) electrons. The summed E-state index contributed by atoms with van der Waals surface area (Å²) >= 11 is 3.40. The molecule has 56 heavy (non-hydrogen) atoms. The highest BCUT2D eigenvalue weighted by Gasteiger charge is 2.34. The van der Waals surface area contributed by atoms with Gasteiger partial charge in [-0.05, 0) is 71.1 Å². The van der Waals surface area contributed by atoms with Gasteiger partial charge in [0, 0.05) is 47.4 Å². The lowest BCUT2D eigenvalue weighted by Crippen LogP contribution is -2.43. The molecule has 0 unspecified atom stereocenters.